The van der Waals surface area contributed by atoms with Crippen LogP contribution in [0.1, 0.15) is 11.1 Å². The third kappa shape index (κ3) is 5.80. The van der Waals surface area contributed by atoms with Crippen LogP contribution >= 0.6 is 0 Å². The minimum absolute atomic E-state index is 0.0106. The molecule has 0 spiro atoms. The molecule has 1 amide bonds. The number of benzene rings is 2. The number of anilines is 1. The summed E-state index contributed by atoms with van der Waals surface area (Å²) in [6.45, 7) is 0.708. The average Bonchev–Trinajstić information content (AvgIpc) is 2.71. The topological polar surface area (TPSA) is 32.8 Å². The first-order valence-corrected chi connectivity index (χ1v) is 9.14. The molecule has 2 aromatic carbocycles. The largest absolute Gasteiger partial charge is 0.484 e. The van der Waals surface area contributed by atoms with E-state index in [0.717, 1.165) is 5.69 Å². The molecule has 0 unspecified atom stereocenters. The van der Waals surface area contributed by atoms with E-state index in [2.05, 4.69) is 0 Å². The Morgan fingerprint density at radius 2 is 1.35 bits per heavy atom. The molecule has 11 heteroatoms. The molecule has 1 aliphatic rings. The summed E-state index contributed by atoms with van der Waals surface area (Å²) >= 11 is 0. The molecular weight excluding hydrogens is 433 g/mol. The fourth-order valence-electron chi connectivity index (χ4n) is 3.11. The van der Waals surface area contributed by atoms with Gasteiger partial charge in [-0.25, -0.2) is 4.39 Å². The van der Waals surface area contributed by atoms with Crippen LogP contribution in [0.15, 0.2) is 42.5 Å². The van der Waals surface area contributed by atoms with Gasteiger partial charge in [-0.15, -0.1) is 0 Å². The lowest BCUT2D eigenvalue weighted by molar-refractivity contribution is -0.143. The highest BCUT2D eigenvalue weighted by Crippen LogP contribution is 2.38. The Morgan fingerprint density at radius 1 is 0.839 bits per heavy atom. The van der Waals surface area contributed by atoms with Crippen LogP contribution in [0.25, 0.3) is 0 Å². The van der Waals surface area contributed by atoms with Crippen molar-refractivity contribution in [2.75, 3.05) is 37.7 Å². The van der Waals surface area contributed by atoms with Crippen molar-refractivity contribution >= 4 is 11.6 Å². The molecule has 0 saturated carbocycles. The highest BCUT2D eigenvalue weighted by molar-refractivity contribution is 5.78. The molecule has 0 aromatic heterocycles. The SMILES string of the molecule is O=C(COc1cc(C(F)(F)F)cc(C(F)(F)F)c1)N1CCN(c2ccc(F)cc2)CC1. The summed E-state index contributed by atoms with van der Waals surface area (Å²) in [6.07, 6.45) is -10.00. The third-order valence-electron chi connectivity index (χ3n) is 4.75. The van der Waals surface area contributed by atoms with E-state index < -0.39 is 41.7 Å². The van der Waals surface area contributed by atoms with Crippen molar-refractivity contribution < 1.29 is 40.3 Å². The van der Waals surface area contributed by atoms with Gasteiger partial charge in [-0.1, -0.05) is 0 Å². The van der Waals surface area contributed by atoms with Crippen molar-refractivity contribution in [3.8, 4) is 5.75 Å². The molecule has 0 aliphatic carbocycles. The zero-order valence-corrected chi connectivity index (χ0v) is 15.9. The molecule has 1 saturated heterocycles. The van der Waals surface area contributed by atoms with Crippen LogP contribution in [0.5, 0.6) is 5.75 Å². The lowest BCUT2D eigenvalue weighted by Gasteiger charge is -2.36. The number of nitrogens with zero attached hydrogens (tertiary/aromatic N) is 2. The molecule has 0 radical (unpaired) electrons. The molecule has 4 nitrogen and oxygen atoms in total. The van der Waals surface area contributed by atoms with Crippen LogP contribution in [0.3, 0.4) is 0 Å². The molecule has 0 N–H and O–H groups in total. The first-order chi connectivity index (χ1) is 14.4. The molecule has 3 rings (SSSR count). The summed E-state index contributed by atoms with van der Waals surface area (Å²) < 4.78 is 95.4. The van der Waals surface area contributed by atoms with Crippen molar-refractivity contribution in [2.24, 2.45) is 0 Å². The predicted molar refractivity (Wildman–Crippen MR) is 97.1 cm³/mol. The molecule has 31 heavy (non-hydrogen) atoms. The standard InChI is InChI=1S/C20H17F7N2O2/c21-15-1-3-16(4-2-15)28-5-7-29(8-6-28)18(30)12-31-17-10-13(19(22,23)24)9-14(11-17)20(25,26)27/h1-4,9-11H,5-8,12H2. The van der Waals surface area contributed by atoms with Crippen molar-refractivity contribution in [1.82, 2.24) is 4.90 Å². The van der Waals surface area contributed by atoms with E-state index in [4.69, 9.17) is 4.74 Å². The van der Waals surface area contributed by atoms with Crippen LogP contribution in [-0.2, 0) is 17.1 Å². The summed E-state index contributed by atoms with van der Waals surface area (Å²) in [5.74, 6) is -1.64. The molecule has 2 aromatic rings. The summed E-state index contributed by atoms with van der Waals surface area (Å²) in [6, 6.07) is 6.66. The number of amides is 1. The van der Waals surface area contributed by atoms with Crippen LogP contribution in [0, 0.1) is 5.82 Å². The van der Waals surface area contributed by atoms with E-state index in [-0.39, 0.29) is 25.0 Å². The fourth-order valence-corrected chi connectivity index (χ4v) is 3.11. The van der Waals surface area contributed by atoms with Crippen LogP contribution in [0.2, 0.25) is 0 Å². The van der Waals surface area contributed by atoms with Gasteiger partial charge in [0.15, 0.2) is 6.61 Å². The highest BCUT2D eigenvalue weighted by atomic mass is 19.4. The quantitative estimate of drug-likeness (QED) is 0.639. The van der Waals surface area contributed by atoms with Gasteiger partial charge < -0.3 is 14.5 Å². The number of carbonyl (C=O) groups excluding carboxylic acids is 1. The van der Waals surface area contributed by atoms with E-state index >= 15 is 0 Å². The average molecular weight is 450 g/mol. The number of carbonyl (C=O) groups is 1. The molecule has 1 heterocycles. The van der Waals surface area contributed by atoms with Crippen LogP contribution in [-0.4, -0.2) is 43.6 Å². The second-order valence-corrected chi connectivity index (χ2v) is 6.87. The maximum absolute atomic E-state index is 13.0. The fraction of sp³-hybridized carbons (Fsp3) is 0.350. The van der Waals surface area contributed by atoms with E-state index in [9.17, 15) is 35.5 Å². The van der Waals surface area contributed by atoms with Crippen LogP contribution in [0.4, 0.5) is 36.4 Å². The summed E-state index contributed by atoms with van der Waals surface area (Å²) in [5.41, 5.74) is -2.26. The Labute approximate surface area is 172 Å². The molecule has 0 bridgehead atoms. The number of piperazine rings is 1. The maximum Gasteiger partial charge on any atom is 0.416 e. The third-order valence-corrected chi connectivity index (χ3v) is 4.75. The lowest BCUT2D eigenvalue weighted by Crippen LogP contribution is -2.50. The number of alkyl halides is 6. The Hall–Kier alpha value is -2.98. The van der Waals surface area contributed by atoms with Gasteiger partial charge in [-0.05, 0) is 42.5 Å². The Balaban J connectivity index is 1.61. The monoisotopic (exact) mass is 450 g/mol. The normalized spacial score (nSPS) is 15.2. The molecule has 1 fully saturated rings. The lowest BCUT2D eigenvalue weighted by atomic mass is 10.1. The van der Waals surface area contributed by atoms with E-state index in [1.165, 1.54) is 17.0 Å². The van der Waals surface area contributed by atoms with Crippen molar-refractivity contribution in [2.45, 2.75) is 12.4 Å². The Kier molecular flexibility index (Phi) is 6.33. The zero-order chi connectivity index (χ0) is 22.8. The molecule has 1 aliphatic heterocycles. The van der Waals surface area contributed by atoms with Gasteiger partial charge >= 0.3 is 12.4 Å². The van der Waals surface area contributed by atoms with E-state index in [0.29, 0.717) is 25.2 Å². The number of ether oxygens (including phenoxy) is 1. The van der Waals surface area contributed by atoms with Gasteiger partial charge in [0, 0.05) is 31.9 Å². The van der Waals surface area contributed by atoms with Gasteiger partial charge in [-0.2, -0.15) is 26.3 Å². The Bertz CT molecular complexity index is 886. The minimum atomic E-state index is -5.00. The molecular formula is C20H17F7N2O2. The summed E-state index contributed by atoms with van der Waals surface area (Å²) in [7, 11) is 0. The number of rotatable bonds is 4. The van der Waals surface area contributed by atoms with Gasteiger partial charge in [0.2, 0.25) is 0 Å². The summed E-state index contributed by atoms with van der Waals surface area (Å²) in [5, 5.41) is 0. The van der Waals surface area contributed by atoms with E-state index in [1.807, 2.05) is 4.90 Å². The first kappa shape index (κ1) is 22.7. The van der Waals surface area contributed by atoms with Crippen molar-refractivity contribution in [1.29, 1.82) is 0 Å². The minimum Gasteiger partial charge on any atom is -0.484 e. The number of hydrogen-bond acceptors (Lipinski definition) is 3. The summed E-state index contributed by atoms with van der Waals surface area (Å²) in [4.78, 5) is 15.6. The van der Waals surface area contributed by atoms with E-state index in [1.54, 1.807) is 12.1 Å². The van der Waals surface area contributed by atoms with Crippen LogP contribution < -0.4 is 9.64 Å². The van der Waals surface area contributed by atoms with Crippen molar-refractivity contribution in [3.05, 3.63) is 59.4 Å². The highest BCUT2D eigenvalue weighted by Gasteiger charge is 2.37. The van der Waals surface area contributed by atoms with Gasteiger partial charge in [0.25, 0.3) is 5.91 Å². The second-order valence-electron chi connectivity index (χ2n) is 6.87. The number of hydrogen-bond donors (Lipinski definition) is 0. The van der Waals surface area contributed by atoms with Gasteiger partial charge in [0.05, 0.1) is 11.1 Å². The Morgan fingerprint density at radius 3 is 1.84 bits per heavy atom. The number of halogens is 7. The smallest absolute Gasteiger partial charge is 0.416 e. The predicted octanol–water partition coefficient (Wildman–Crippen LogP) is 4.59. The van der Waals surface area contributed by atoms with Crippen molar-refractivity contribution in [3.63, 3.8) is 0 Å². The molecule has 168 valence electrons. The second kappa shape index (κ2) is 8.64. The first-order valence-electron chi connectivity index (χ1n) is 9.14. The zero-order valence-electron chi connectivity index (χ0n) is 15.9. The molecule has 0 atom stereocenters. The van der Waals surface area contributed by atoms with Gasteiger partial charge in [0.1, 0.15) is 11.6 Å². The van der Waals surface area contributed by atoms with Gasteiger partial charge in [-0.3, -0.25) is 4.79 Å². The maximum atomic E-state index is 13.0.